The van der Waals surface area contributed by atoms with Crippen LogP contribution in [-0.2, 0) is 4.79 Å². The molecule has 4 rings (SSSR count). The van der Waals surface area contributed by atoms with E-state index >= 15 is 0 Å². The lowest BCUT2D eigenvalue weighted by Gasteiger charge is -2.21. The topological polar surface area (TPSA) is 68.3 Å². The second-order valence-corrected chi connectivity index (χ2v) is 7.37. The molecule has 3 aromatic carbocycles. The summed E-state index contributed by atoms with van der Waals surface area (Å²) in [5.41, 5.74) is 3.43. The Bertz CT molecular complexity index is 1220. The van der Waals surface area contributed by atoms with E-state index in [1.807, 2.05) is 91.9 Å². The Hall–Kier alpha value is -3.99. The number of pyridine rings is 1. The summed E-state index contributed by atoms with van der Waals surface area (Å²) in [4.78, 5) is 29.6. The number of hydrogen-bond donors (Lipinski definition) is 1. The SMILES string of the molecule is CCC(NC(=O)c1c(OCC=O)c(-c2ccccc2)nc2ccccc12)c1ccccc1. The number of carbonyl (C=O) groups is 2. The molecule has 4 aromatic rings. The van der Waals surface area contributed by atoms with Crippen LogP contribution in [0.15, 0.2) is 84.9 Å². The molecule has 1 unspecified atom stereocenters. The van der Waals surface area contributed by atoms with E-state index in [-0.39, 0.29) is 18.6 Å². The summed E-state index contributed by atoms with van der Waals surface area (Å²) >= 11 is 0. The van der Waals surface area contributed by atoms with E-state index in [9.17, 15) is 9.59 Å². The van der Waals surface area contributed by atoms with Crippen molar-refractivity contribution in [2.75, 3.05) is 6.61 Å². The molecule has 5 nitrogen and oxygen atoms in total. The predicted molar refractivity (Wildman–Crippen MR) is 126 cm³/mol. The Kier molecular flexibility index (Phi) is 6.56. The molecule has 32 heavy (non-hydrogen) atoms. The smallest absolute Gasteiger partial charge is 0.256 e. The Morgan fingerprint density at radius 2 is 1.62 bits per heavy atom. The summed E-state index contributed by atoms with van der Waals surface area (Å²) in [7, 11) is 0. The van der Waals surface area contributed by atoms with Crippen LogP contribution in [0, 0.1) is 0 Å². The molecule has 1 N–H and O–H groups in total. The summed E-state index contributed by atoms with van der Waals surface area (Å²) in [6.07, 6.45) is 1.40. The molecule has 5 heteroatoms. The fraction of sp³-hybridized carbons (Fsp3) is 0.148. The van der Waals surface area contributed by atoms with Crippen molar-refractivity contribution in [2.24, 2.45) is 0 Å². The zero-order valence-electron chi connectivity index (χ0n) is 17.8. The molecule has 0 fully saturated rings. The van der Waals surface area contributed by atoms with Gasteiger partial charge in [-0.1, -0.05) is 85.8 Å². The molecule has 1 heterocycles. The number of para-hydroxylation sites is 1. The van der Waals surface area contributed by atoms with E-state index in [0.29, 0.717) is 34.2 Å². The van der Waals surface area contributed by atoms with Gasteiger partial charge in [0.2, 0.25) is 0 Å². The Labute approximate surface area is 187 Å². The van der Waals surface area contributed by atoms with Gasteiger partial charge in [-0.3, -0.25) is 9.59 Å². The minimum atomic E-state index is -0.266. The first-order valence-corrected chi connectivity index (χ1v) is 10.6. The number of aldehydes is 1. The van der Waals surface area contributed by atoms with Gasteiger partial charge >= 0.3 is 0 Å². The highest BCUT2D eigenvalue weighted by Crippen LogP contribution is 2.36. The molecule has 0 aliphatic carbocycles. The van der Waals surface area contributed by atoms with Crippen LogP contribution in [-0.4, -0.2) is 23.8 Å². The minimum Gasteiger partial charge on any atom is -0.483 e. The second-order valence-electron chi connectivity index (χ2n) is 7.37. The van der Waals surface area contributed by atoms with Crippen LogP contribution < -0.4 is 10.1 Å². The molecule has 1 atom stereocenters. The maximum Gasteiger partial charge on any atom is 0.256 e. The number of benzene rings is 3. The third-order valence-corrected chi connectivity index (χ3v) is 5.33. The molecule has 0 aliphatic heterocycles. The van der Waals surface area contributed by atoms with Gasteiger partial charge in [-0.05, 0) is 18.1 Å². The number of ether oxygens (including phenoxy) is 1. The van der Waals surface area contributed by atoms with Crippen LogP contribution in [0.1, 0.15) is 35.3 Å². The van der Waals surface area contributed by atoms with Crippen LogP contribution in [0.5, 0.6) is 5.75 Å². The Balaban J connectivity index is 1.88. The molecule has 0 bridgehead atoms. The molecule has 0 saturated carbocycles. The van der Waals surface area contributed by atoms with Crippen LogP contribution in [0.3, 0.4) is 0 Å². The van der Waals surface area contributed by atoms with Gasteiger partial charge < -0.3 is 10.1 Å². The number of hydrogen-bond acceptors (Lipinski definition) is 4. The van der Waals surface area contributed by atoms with Gasteiger partial charge in [0.15, 0.2) is 12.0 Å². The zero-order chi connectivity index (χ0) is 22.3. The Morgan fingerprint density at radius 1 is 0.969 bits per heavy atom. The van der Waals surface area contributed by atoms with Gasteiger partial charge in [-0.15, -0.1) is 0 Å². The lowest BCUT2D eigenvalue weighted by atomic mass is 10.00. The monoisotopic (exact) mass is 424 g/mol. The van der Waals surface area contributed by atoms with Crippen molar-refractivity contribution in [3.63, 3.8) is 0 Å². The maximum absolute atomic E-state index is 13.7. The first-order chi connectivity index (χ1) is 15.7. The van der Waals surface area contributed by atoms with Crippen molar-refractivity contribution >= 4 is 23.1 Å². The molecule has 0 radical (unpaired) electrons. The van der Waals surface area contributed by atoms with E-state index in [1.54, 1.807) is 0 Å². The van der Waals surface area contributed by atoms with Crippen molar-refractivity contribution in [1.29, 1.82) is 0 Å². The van der Waals surface area contributed by atoms with E-state index in [0.717, 1.165) is 17.5 Å². The first kappa shape index (κ1) is 21.2. The largest absolute Gasteiger partial charge is 0.483 e. The number of nitrogens with zero attached hydrogens (tertiary/aromatic N) is 1. The number of rotatable bonds is 8. The number of amides is 1. The average molecular weight is 425 g/mol. The van der Waals surface area contributed by atoms with Gasteiger partial charge in [0.1, 0.15) is 12.3 Å². The summed E-state index contributed by atoms with van der Waals surface area (Å²) in [6.45, 7) is 1.86. The van der Waals surface area contributed by atoms with Crippen molar-refractivity contribution in [3.8, 4) is 17.0 Å². The molecule has 0 spiro atoms. The van der Waals surface area contributed by atoms with Crippen LogP contribution in [0.2, 0.25) is 0 Å². The predicted octanol–water partition coefficient (Wildman–Crippen LogP) is 5.36. The number of fused-ring (bicyclic) bond motifs is 1. The van der Waals surface area contributed by atoms with Crippen LogP contribution in [0.25, 0.3) is 22.2 Å². The van der Waals surface area contributed by atoms with Crippen molar-refractivity contribution < 1.29 is 14.3 Å². The fourth-order valence-electron chi connectivity index (χ4n) is 3.81. The third kappa shape index (κ3) is 4.37. The lowest BCUT2D eigenvalue weighted by Crippen LogP contribution is -2.29. The Morgan fingerprint density at radius 3 is 2.31 bits per heavy atom. The fourth-order valence-corrected chi connectivity index (χ4v) is 3.81. The molecule has 1 amide bonds. The lowest BCUT2D eigenvalue weighted by molar-refractivity contribution is -0.109. The number of carbonyl (C=O) groups excluding carboxylic acids is 2. The highest BCUT2D eigenvalue weighted by atomic mass is 16.5. The molecule has 1 aromatic heterocycles. The van der Waals surface area contributed by atoms with Crippen LogP contribution in [0.4, 0.5) is 0 Å². The van der Waals surface area contributed by atoms with E-state index < -0.39 is 0 Å². The van der Waals surface area contributed by atoms with Gasteiger partial charge in [-0.2, -0.15) is 0 Å². The van der Waals surface area contributed by atoms with Crippen LogP contribution >= 0.6 is 0 Å². The van der Waals surface area contributed by atoms with Crippen molar-refractivity contribution in [1.82, 2.24) is 10.3 Å². The summed E-state index contributed by atoms with van der Waals surface area (Å²) in [5.74, 6) is 0.0415. The molecule has 0 saturated heterocycles. The summed E-state index contributed by atoms with van der Waals surface area (Å²) in [6, 6.07) is 26.7. The summed E-state index contributed by atoms with van der Waals surface area (Å²) in [5, 5.41) is 3.83. The minimum absolute atomic E-state index is 0.158. The highest BCUT2D eigenvalue weighted by Gasteiger charge is 2.25. The van der Waals surface area contributed by atoms with Gasteiger partial charge in [-0.25, -0.2) is 4.98 Å². The normalized spacial score (nSPS) is 11.7. The maximum atomic E-state index is 13.7. The quantitative estimate of drug-likeness (QED) is 0.387. The average Bonchev–Trinajstić information content (AvgIpc) is 2.86. The van der Waals surface area contributed by atoms with Crippen molar-refractivity contribution in [3.05, 3.63) is 96.1 Å². The number of aromatic nitrogens is 1. The standard InChI is InChI=1S/C27H24N2O3/c1-2-22(19-11-5-3-6-12-19)29-27(31)24-21-15-9-10-16-23(21)28-25(26(24)32-18-17-30)20-13-7-4-8-14-20/h3-17,22H,2,18H2,1H3,(H,29,31). The molecule has 160 valence electrons. The van der Waals surface area contributed by atoms with E-state index in [2.05, 4.69) is 5.32 Å². The van der Waals surface area contributed by atoms with Gasteiger partial charge in [0.05, 0.1) is 17.1 Å². The van der Waals surface area contributed by atoms with Gasteiger partial charge in [0.25, 0.3) is 5.91 Å². The van der Waals surface area contributed by atoms with Crippen molar-refractivity contribution in [2.45, 2.75) is 19.4 Å². The van der Waals surface area contributed by atoms with Gasteiger partial charge in [0, 0.05) is 10.9 Å². The highest BCUT2D eigenvalue weighted by molar-refractivity contribution is 6.10. The van der Waals surface area contributed by atoms with E-state index in [1.165, 1.54) is 0 Å². The first-order valence-electron chi connectivity index (χ1n) is 10.6. The molecular weight excluding hydrogens is 400 g/mol. The summed E-state index contributed by atoms with van der Waals surface area (Å²) < 4.78 is 5.83. The van der Waals surface area contributed by atoms with E-state index in [4.69, 9.17) is 9.72 Å². The molecular formula is C27H24N2O3. The zero-order valence-corrected chi connectivity index (χ0v) is 17.8. The molecule has 0 aliphatic rings. The number of nitrogens with one attached hydrogen (secondary N) is 1. The second kappa shape index (κ2) is 9.88. The third-order valence-electron chi connectivity index (χ3n) is 5.33.